The second-order valence-electron chi connectivity index (χ2n) is 4.70. The van der Waals surface area contributed by atoms with Crippen LogP contribution >= 0.6 is 0 Å². The molecule has 0 atom stereocenters. The van der Waals surface area contributed by atoms with E-state index in [0.29, 0.717) is 5.92 Å². The van der Waals surface area contributed by atoms with Gasteiger partial charge in [-0.15, -0.1) is 0 Å². The summed E-state index contributed by atoms with van der Waals surface area (Å²) in [6.07, 6.45) is 5.12. The highest BCUT2D eigenvalue weighted by molar-refractivity contribution is 5.45. The van der Waals surface area contributed by atoms with Gasteiger partial charge in [0.1, 0.15) is 5.82 Å². The third-order valence-corrected chi connectivity index (χ3v) is 3.37. The van der Waals surface area contributed by atoms with Crippen LogP contribution in [0.4, 0.5) is 11.8 Å². The van der Waals surface area contributed by atoms with Crippen LogP contribution in [0.2, 0.25) is 0 Å². The van der Waals surface area contributed by atoms with Gasteiger partial charge in [0.2, 0.25) is 5.95 Å². The molecule has 1 aliphatic heterocycles. The number of hydrogen-bond donors (Lipinski definition) is 1. The first kappa shape index (κ1) is 9.87. The monoisotopic (exact) mass is 218 g/mol. The zero-order chi connectivity index (χ0) is 11.0. The molecule has 0 spiro atoms. The van der Waals surface area contributed by atoms with Crippen molar-refractivity contribution in [2.45, 2.75) is 31.6 Å². The lowest BCUT2D eigenvalue weighted by Gasteiger charge is -2.16. The van der Waals surface area contributed by atoms with E-state index in [4.69, 9.17) is 4.98 Å². The predicted octanol–water partition coefficient (Wildman–Crippen LogP) is 2.00. The zero-order valence-corrected chi connectivity index (χ0v) is 9.74. The summed E-state index contributed by atoms with van der Waals surface area (Å²) in [6, 6.07) is 2.09. The van der Waals surface area contributed by atoms with E-state index in [2.05, 4.69) is 21.3 Å². The Morgan fingerprint density at radius 3 is 2.62 bits per heavy atom. The van der Waals surface area contributed by atoms with Crippen molar-refractivity contribution in [3.8, 4) is 0 Å². The molecule has 0 bridgehead atoms. The Labute approximate surface area is 96.1 Å². The van der Waals surface area contributed by atoms with Gasteiger partial charge in [0.25, 0.3) is 0 Å². The van der Waals surface area contributed by atoms with Crippen molar-refractivity contribution in [1.82, 2.24) is 9.97 Å². The summed E-state index contributed by atoms with van der Waals surface area (Å²) in [6.45, 7) is 2.22. The Bertz CT molecular complexity index is 381. The Morgan fingerprint density at radius 1 is 1.25 bits per heavy atom. The van der Waals surface area contributed by atoms with Crippen molar-refractivity contribution < 1.29 is 0 Å². The molecule has 2 heterocycles. The molecule has 1 saturated heterocycles. The summed E-state index contributed by atoms with van der Waals surface area (Å²) in [5.74, 6) is 2.57. The lowest BCUT2D eigenvalue weighted by molar-refractivity contribution is 0.873. The van der Waals surface area contributed by atoms with Crippen LogP contribution in [-0.2, 0) is 0 Å². The Balaban J connectivity index is 1.92. The maximum atomic E-state index is 4.70. The van der Waals surface area contributed by atoms with E-state index in [1.165, 1.54) is 31.4 Å². The first-order valence-electron chi connectivity index (χ1n) is 6.18. The second kappa shape index (κ2) is 3.92. The molecule has 16 heavy (non-hydrogen) atoms. The molecule has 1 aromatic rings. The topological polar surface area (TPSA) is 41.1 Å². The van der Waals surface area contributed by atoms with Crippen molar-refractivity contribution in [3.05, 3.63) is 11.8 Å². The number of aromatic nitrogens is 2. The van der Waals surface area contributed by atoms with Crippen molar-refractivity contribution in [2.75, 3.05) is 30.4 Å². The molecule has 1 aliphatic carbocycles. The molecule has 2 fully saturated rings. The molecule has 1 aromatic heterocycles. The lowest BCUT2D eigenvalue weighted by Crippen LogP contribution is -2.21. The molecule has 0 amide bonds. The van der Waals surface area contributed by atoms with E-state index >= 15 is 0 Å². The average molecular weight is 218 g/mol. The van der Waals surface area contributed by atoms with Crippen LogP contribution in [0, 0.1) is 0 Å². The SMILES string of the molecule is CNc1cc(C2CC2)nc(N2CCCC2)n1. The number of hydrogen-bond acceptors (Lipinski definition) is 4. The van der Waals surface area contributed by atoms with Gasteiger partial charge < -0.3 is 10.2 Å². The minimum atomic E-state index is 0.691. The van der Waals surface area contributed by atoms with Gasteiger partial charge in [0.15, 0.2) is 0 Å². The van der Waals surface area contributed by atoms with Crippen LogP contribution in [0.15, 0.2) is 6.07 Å². The lowest BCUT2D eigenvalue weighted by atomic mass is 10.3. The number of anilines is 2. The van der Waals surface area contributed by atoms with Gasteiger partial charge in [-0.25, -0.2) is 4.98 Å². The van der Waals surface area contributed by atoms with Gasteiger partial charge in [0.05, 0.1) is 5.69 Å². The van der Waals surface area contributed by atoms with Crippen LogP contribution in [0.25, 0.3) is 0 Å². The highest BCUT2D eigenvalue weighted by Gasteiger charge is 2.27. The van der Waals surface area contributed by atoms with Crippen molar-refractivity contribution in [2.24, 2.45) is 0 Å². The van der Waals surface area contributed by atoms with Crippen molar-refractivity contribution in [1.29, 1.82) is 0 Å². The molecule has 86 valence electrons. The standard InChI is InChI=1S/C12H18N4/c1-13-11-8-10(9-4-5-9)14-12(15-11)16-6-2-3-7-16/h8-9H,2-7H2,1H3,(H,13,14,15). The molecule has 2 aliphatic rings. The van der Waals surface area contributed by atoms with E-state index in [1.54, 1.807) is 0 Å². The van der Waals surface area contributed by atoms with Crippen LogP contribution in [0.3, 0.4) is 0 Å². The van der Waals surface area contributed by atoms with Crippen molar-refractivity contribution >= 4 is 11.8 Å². The molecular weight excluding hydrogens is 200 g/mol. The number of rotatable bonds is 3. The van der Waals surface area contributed by atoms with Crippen LogP contribution in [0.5, 0.6) is 0 Å². The summed E-state index contributed by atoms with van der Waals surface area (Å²) in [5.41, 5.74) is 1.22. The maximum absolute atomic E-state index is 4.70. The summed E-state index contributed by atoms with van der Waals surface area (Å²) in [7, 11) is 1.92. The highest BCUT2D eigenvalue weighted by Crippen LogP contribution is 2.40. The Morgan fingerprint density at radius 2 is 2.00 bits per heavy atom. The van der Waals surface area contributed by atoms with E-state index in [0.717, 1.165) is 24.9 Å². The predicted molar refractivity (Wildman–Crippen MR) is 65.0 cm³/mol. The van der Waals surface area contributed by atoms with Crippen LogP contribution in [-0.4, -0.2) is 30.1 Å². The first-order valence-corrected chi connectivity index (χ1v) is 6.18. The zero-order valence-electron chi connectivity index (χ0n) is 9.74. The maximum Gasteiger partial charge on any atom is 0.227 e. The molecule has 1 N–H and O–H groups in total. The van der Waals surface area contributed by atoms with E-state index < -0.39 is 0 Å². The largest absolute Gasteiger partial charge is 0.373 e. The fourth-order valence-corrected chi connectivity index (χ4v) is 2.23. The summed E-state index contributed by atoms with van der Waals surface area (Å²) in [5, 5.41) is 3.14. The fourth-order valence-electron chi connectivity index (χ4n) is 2.23. The molecular formula is C12H18N4. The number of nitrogens with one attached hydrogen (secondary N) is 1. The quantitative estimate of drug-likeness (QED) is 0.842. The summed E-state index contributed by atoms with van der Waals surface area (Å²) in [4.78, 5) is 11.5. The normalized spacial score (nSPS) is 20.2. The van der Waals surface area contributed by atoms with Gasteiger partial charge >= 0.3 is 0 Å². The number of nitrogens with zero attached hydrogens (tertiary/aromatic N) is 3. The molecule has 0 radical (unpaired) electrons. The van der Waals surface area contributed by atoms with Crippen molar-refractivity contribution in [3.63, 3.8) is 0 Å². The van der Waals surface area contributed by atoms with E-state index in [9.17, 15) is 0 Å². The van der Waals surface area contributed by atoms with E-state index in [-0.39, 0.29) is 0 Å². The molecule has 4 nitrogen and oxygen atoms in total. The third kappa shape index (κ3) is 1.84. The second-order valence-corrected chi connectivity index (χ2v) is 4.70. The van der Waals surface area contributed by atoms with Gasteiger partial charge in [-0.3, -0.25) is 0 Å². The summed E-state index contributed by atoms with van der Waals surface area (Å²) < 4.78 is 0. The molecule has 0 aromatic carbocycles. The van der Waals surface area contributed by atoms with E-state index in [1.807, 2.05) is 7.05 Å². The van der Waals surface area contributed by atoms with Gasteiger partial charge in [-0.1, -0.05) is 0 Å². The molecule has 1 saturated carbocycles. The van der Waals surface area contributed by atoms with Gasteiger partial charge in [0, 0.05) is 32.1 Å². The highest BCUT2D eigenvalue weighted by atomic mass is 15.3. The molecule has 3 rings (SSSR count). The molecule has 4 heteroatoms. The molecule has 0 unspecified atom stereocenters. The average Bonchev–Trinajstić information content (AvgIpc) is 3.04. The van der Waals surface area contributed by atoms with Gasteiger partial charge in [-0.2, -0.15) is 4.98 Å². The summed E-state index contributed by atoms with van der Waals surface area (Å²) >= 11 is 0. The Hall–Kier alpha value is -1.32. The van der Waals surface area contributed by atoms with Crippen LogP contribution < -0.4 is 10.2 Å². The smallest absolute Gasteiger partial charge is 0.227 e. The van der Waals surface area contributed by atoms with Crippen LogP contribution in [0.1, 0.15) is 37.3 Å². The fraction of sp³-hybridized carbons (Fsp3) is 0.667. The first-order chi connectivity index (χ1) is 7.86. The minimum absolute atomic E-state index is 0.691. The Kier molecular flexibility index (Phi) is 2.42. The van der Waals surface area contributed by atoms with Gasteiger partial charge in [-0.05, 0) is 25.7 Å². The third-order valence-electron chi connectivity index (χ3n) is 3.37. The minimum Gasteiger partial charge on any atom is -0.373 e.